The van der Waals surface area contributed by atoms with Gasteiger partial charge >= 0.3 is 0 Å². The molecule has 0 aromatic heterocycles. The Morgan fingerprint density at radius 1 is 1.35 bits per heavy atom. The molecular weight excluding hydrogens is 304 g/mol. The lowest BCUT2D eigenvalue weighted by Gasteiger charge is -2.46. The van der Waals surface area contributed by atoms with E-state index >= 15 is 0 Å². The van der Waals surface area contributed by atoms with E-state index < -0.39 is 23.1 Å². The first-order valence-corrected chi connectivity index (χ1v) is 7.51. The molecule has 0 spiro atoms. The van der Waals surface area contributed by atoms with Gasteiger partial charge < -0.3 is 14.5 Å². The summed E-state index contributed by atoms with van der Waals surface area (Å²) in [6, 6.07) is 3.24. The quantitative estimate of drug-likeness (QED) is 0.784. The molecule has 3 rings (SSSR count). The number of amides is 1. The molecule has 7 heteroatoms. The highest BCUT2D eigenvalue weighted by Gasteiger charge is 2.39. The molecule has 1 aromatic rings. The van der Waals surface area contributed by atoms with E-state index in [1.165, 1.54) is 4.90 Å². The van der Waals surface area contributed by atoms with Crippen molar-refractivity contribution in [3.63, 3.8) is 0 Å². The second-order valence-electron chi connectivity index (χ2n) is 5.95. The fourth-order valence-electron chi connectivity index (χ4n) is 3.27. The van der Waals surface area contributed by atoms with Gasteiger partial charge in [0.15, 0.2) is 0 Å². The summed E-state index contributed by atoms with van der Waals surface area (Å²) in [7, 11) is 1.94. The molecule has 2 saturated heterocycles. The summed E-state index contributed by atoms with van der Waals surface area (Å²) in [6.45, 7) is 2.13. The number of rotatable bonds is 1. The van der Waals surface area contributed by atoms with Crippen LogP contribution in [0.4, 0.5) is 8.78 Å². The number of benzene rings is 1. The number of hydrogen-bond donors (Lipinski definition) is 0. The average Bonchev–Trinajstić information content (AvgIpc) is 2.53. The van der Waals surface area contributed by atoms with Crippen LogP contribution < -0.4 is 0 Å². The van der Waals surface area contributed by atoms with E-state index in [0.717, 1.165) is 25.1 Å². The highest BCUT2D eigenvalue weighted by Crippen LogP contribution is 2.26. The van der Waals surface area contributed by atoms with Gasteiger partial charge in [0.05, 0.1) is 30.4 Å². The van der Waals surface area contributed by atoms with Crippen molar-refractivity contribution >= 4 is 5.91 Å². The van der Waals surface area contributed by atoms with Gasteiger partial charge in [0.25, 0.3) is 5.91 Å². The number of morpholine rings is 1. The number of ether oxygens (including phenoxy) is 1. The van der Waals surface area contributed by atoms with Crippen LogP contribution in [0.3, 0.4) is 0 Å². The van der Waals surface area contributed by atoms with E-state index in [0.29, 0.717) is 19.7 Å². The van der Waals surface area contributed by atoms with Crippen LogP contribution in [0.25, 0.3) is 0 Å². The maximum Gasteiger partial charge on any atom is 0.260 e. The van der Waals surface area contributed by atoms with Gasteiger partial charge in [-0.15, -0.1) is 0 Å². The smallest absolute Gasteiger partial charge is 0.260 e. The number of nitrogens with zero attached hydrogens (tertiary/aromatic N) is 3. The van der Waals surface area contributed by atoms with Crippen LogP contribution in [-0.2, 0) is 4.74 Å². The molecule has 0 radical (unpaired) electrons. The molecule has 23 heavy (non-hydrogen) atoms. The van der Waals surface area contributed by atoms with Crippen molar-refractivity contribution in [3.05, 3.63) is 34.9 Å². The number of piperidine rings is 1. The van der Waals surface area contributed by atoms with Crippen molar-refractivity contribution < 1.29 is 18.3 Å². The van der Waals surface area contributed by atoms with Crippen LogP contribution >= 0.6 is 0 Å². The second kappa shape index (κ2) is 6.22. The predicted octanol–water partition coefficient (Wildman–Crippen LogP) is 1.38. The van der Waals surface area contributed by atoms with Gasteiger partial charge in [0.1, 0.15) is 17.2 Å². The Bertz CT molecular complexity index is 651. The van der Waals surface area contributed by atoms with Crippen LogP contribution in [0.5, 0.6) is 0 Å². The predicted molar refractivity (Wildman–Crippen MR) is 77.8 cm³/mol. The number of halogens is 2. The molecule has 1 amide bonds. The second-order valence-corrected chi connectivity index (χ2v) is 5.95. The van der Waals surface area contributed by atoms with Crippen LogP contribution in [0, 0.1) is 23.0 Å². The summed E-state index contributed by atoms with van der Waals surface area (Å²) >= 11 is 0. The lowest BCUT2D eigenvalue weighted by Crippen LogP contribution is -2.60. The lowest BCUT2D eigenvalue weighted by molar-refractivity contribution is -0.0871. The van der Waals surface area contributed by atoms with Crippen LogP contribution in [-0.4, -0.2) is 61.1 Å². The third kappa shape index (κ3) is 2.92. The first kappa shape index (κ1) is 15.8. The molecule has 0 bridgehead atoms. The first-order chi connectivity index (χ1) is 11.0. The van der Waals surface area contributed by atoms with Gasteiger partial charge in [-0.1, -0.05) is 0 Å². The summed E-state index contributed by atoms with van der Waals surface area (Å²) in [5, 5.41) is 8.75. The van der Waals surface area contributed by atoms with Gasteiger partial charge in [-0.25, -0.2) is 8.78 Å². The fraction of sp³-hybridized carbons (Fsp3) is 0.500. The highest BCUT2D eigenvalue weighted by atomic mass is 19.1. The highest BCUT2D eigenvalue weighted by molar-refractivity contribution is 5.95. The number of hydrogen-bond acceptors (Lipinski definition) is 4. The Balaban J connectivity index is 1.92. The maximum absolute atomic E-state index is 14.1. The van der Waals surface area contributed by atoms with Gasteiger partial charge in [-0.2, -0.15) is 5.26 Å². The molecule has 2 aliphatic rings. The van der Waals surface area contributed by atoms with E-state index in [1.807, 2.05) is 7.05 Å². The molecule has 2 fully saturated rings. The third-order valence-electron chi connectivity index (χ3n) is 4.43. The van der Waals surface area contributed by atoms with Crippen molar-refractivity contribution in [1.29, 1.82) is 5.26 Å². The molecule has 0 N–H and O–H groups in total. The number of likely N-dealkylation sites (tertiary alicyclic amines) is 1. The van der Waals surface area contributed by atoms with Gasteiger partial charge in [0.2, 0.25) is 0 Å². The molecule has 2 aliphatic heterocycles. The summed E-state index contributed by atoms with van der Waals surface area (Å²) in [5.41, 5.74) is -0.744. The molecule has 0 aliphatic carbocycles. The molecule has 2 atom stereocenters. The van der Waals surface area contributed by atoms with Crippen LogP contribution in [0.15, 0.2) is 12.1 Å². The molecule has 1 aromatic carbocycles. The normalized spacial score (nSPS) is 24.9. The SMILES string of the molecule is CN1CC[C@@H]2OCCN(C(=O)c3c(F)cc(C#N)cc3F)[C@H]2C1. The van der Waals surface area contributed by atoms with Crippen molar-refractivity contribution in [2.24, 2.45) is 0 Å². The topological polar surface area (TPSA) is 56.6 Å². The number of fused-ring (bicyclic) bond motifs is 1. The van der Waals surface area contributed by atoms with Crippen LogP contribution in [0.1, 0.15) is 22.3 Å². The Morgan fingerprint density at radius 2 is 2.04 bits per heavy atom. The van der Waals surface area contributed by atoms with Crippen LogP contribution in [0.2, 0.25) is 0 Å². The minimum atomic E-state index is -1.00. The van der Waals surface area contributed by atoms with Gasteiger partial charge in [-0.3, -0.25) is 4.79 Å². The molecule has 0 unspecified atom stereocenters. The number of carbonyl (C=O) groups is 1. The monoisotopic (exact) mass is 321 g/mol. The van der Waals surface area contributed by atoms with Gasteiger partial charge in [-0.05, 0) is 25.6 Å². The van der Waals surface area contributed by atoms with Crippen molar-refractivity contribution in [3.8, 4) is 6.07 Å². The minimum absolute atomic E-state index is 0.103. The van der Waals surface area contributed by atoms with E-state index in [-0.39, 0.29) is 17.7 Å². The zero-order chi connectivity index (χ0) is 16.6. The summed E-state index contributed by atoms with van der Waals surface area (Å²) in [4.78, 5) is 16.3. The van der Waals surface area contributed by atoms with Crippen molar-refractivity contribution in [2.75, 3.05) is 33.3 Å². The lowest BCUT2D eigenvalue weighted by atomic mass is 9.98. The molecular formula is C16H17F2N3O2. The largest absolute Gasteiger partial charge is 0.374 e. The Kier molecular flexibility index (Phi) is 4.28. The Hall–Kier alpha value is -2.04. The van der Waals surface area contributed by atoms with Crippen molar-refractivity contribution in [2.45, 2.75) is 18.6 Å². The standard InChI is InChI=1S/C16H17F2N3O2/c1-20-3-2-14-13(9-20)21(4-5-23-14)16(22)15-11(17)6-10(8-19)7-12(15)18/h6-7,13-14H,2-5,9H2,1H3/t13-,14-/m0/s1. The summed E-state index contributed by atoms with van der Waals surface area (Å²) in [6.07, 6.45) is 0.678. The third-order valence-corrected chi connectivity index (χ3v) is 4.43. The number of carbonyl (C=O) groups excluding carboxylic acids is 1. The molecule has 122 valence electrons. The maximum atomic E-state index is 14.1. The summed E-state index contributed by atoms with van der Waals surface area (Å²) < 4.78 is 33.9. The number of likely N-dealkylation sites (N-methyl/N-ethyl adjacent to an activating group) is 1. The van der Waals surface area contributed by atoms with E-state index in [1.54, 1.807) is 6.07 Å². The Labute approximate surface area is 133 Å². The zero-order valence-electron chi connectivity index (χ0n) is 12.8. The zero-order valence-corrected chi connectivity index (χ0v) is 12.8. The van der Waals surface area contributed by atoms with E-state index in [4.69, 9.17) is 10.00 Å². The molecule has 5 nitrogen and oxygen atoms in total. The van der Waals surface area contributed by atoms with E-state index in [9.17, 15) is 13.6 Å². The minimum Gasteiger partial charge on any atom is -0.374 e. The van der Waals surface area contributed by atoms with Crippen molar-refractivity contribution in [1.82, 2.24) is 9.80 Å². The summed E-state index contributed by atoms with van der Waals surface area (Å²) in [5.74, 6) is -2.68. The average molecular weight is 321 g/mol. The Morgan fingerprint density at radius 3 is 2.70 bits per heavy atom. The molecule has 2 heterocycles. The van der Waals surface area contributed by atoms with Gasteiger partial charge in [0, 0.05) is 19.6 Å². The molecule has 0 saturated carbocycles. The van der Waals surface area contributed by atoms with E-state index in [2.05, 4.69) is 4.90 Å². The first-order valence-electron chi connectivity index (χ1n) is 7.51. The fourth-order valence-corrected chi connectivity index (χ4v) is 3.27. The number of nitriles is 1.